The minimum atomic E-state index is -0.228. The molecule has 7 nitrogen and oxygen atoms in total. The first-order valence-electron chi connectivity index (χ1n) is 7.30. The van der Waals surface area contributed by atoms with Gasteiger partial charge in [-0.05, 0) is 30.5 Å². The quantitative estimate of drug-likeness (QED) is 0.704. The minimum Gasteiger partial charge on any atom is -0.350 e. The first kappa shape index (κ1) is 16.1. The van der Waals surface area contributed by atoms with E-state index in [-0.39, 0.29) is 24.6 Å². The van der Waals surface area contributed by atoms with E-state index in [1.54, 1.807) is 42.6 Å². The number of benzene rings is 1. The van der Waals surface area contributed by atoms with Crippen LogP contribution < -0.4 is 10.9 Å². The van der Waals surface area contributed by atoms with Crippen LogP contribution in [0.25, 0.3) is 10.9 Å². The second kappa shape index (κ2) is 7.22. The van der Waals surface area contributed by atoms with Gasteiger partial charge >= 0.3 is 0 Å². The fourth-order valence-corrected chi connectivity index (χ4v) is 2.81. The number of nitrogens with one attached hydrogen (secondary N) is 1. The lowest BCUT2D eigenvalue weighted by Gasteiger charge is -2.08. The van der Waals surface area contributed by atoms with Crippen molar-refractivity contribution in [3.8, 4) is 0 Å². The molecular formula is C16H15N5O2S. The molecule has 8 heteroatoms. The van der Waals surface area contributed by atoms with E-state index in [0.29, 0.717) is 21.5 Å². The maximum atomic E-state index is 12.3. The fourth-order valence-electron chi connectivity index (χ4n) is 2.27. The van der Waals surface area contributed by atoms with Crippen molar-refractivity contribution in [3.05, 3.63) is 58.5 Å². The normalized spacial score (nSPS) is 10.7. The van der Waals surface area contributed by atoms with E-state index < -0.39 is 0 Å². The molecule has 1 N–H and O–H groups in total. The van der Waals surface area contributed by atoms with Crippen molar-refractivity contribution in [2.24, 2.45) is 0 Å². The first-order valence-corrected chi connectivity index (χ1v) is 8.53. The molecule has 3 rings (SSSR count). The third-order valence-electron chi connectivity index (χ3n) is 3.45. The van der Waals surface area contributed by atoms with Crippen LogP contribution in [0.15, 0.2) is 52.4 Å². The monoisotopic (exact) mass is 341 g/mol. The summed E-state index contributed by atoms with van der Waals surface area (Å²) in [7, 11) is 0. The molecule has 24 heavy (non-hydrogen) atoms. The highest BCUT2D eigenvalue weighted by molar-refractivity contribution is 7.98. The van der Waals surface area contributed by atoms with Crippen LogP contribution in [-0.2, 0) is 6.54 Å². The van der Waals surface area contributed by atoms with Crippen LogP contribution in [0, 0.1) is 0 Å². The summed E-state index contributed by atoms with van der Waals surface area (Å²) in [6.45, 7) is 0.520. The summed E-state index contributed by atoms with van der Waals surface area (Å²) in [6, 6.07) is 10.5. The van der Waals surface area contributed by atoms with E-state index in [9.17, 15) is 9.59 Å². The van der Waals surface area contributed by atoms with Crippen LogP contribution in [0.4, 0.5) is 0 Å². The first-order chi connectivity index (χ1) is 11.7. The van der Waals surface area contributed by atoms with Crippen molar-refractivity contribution in [1.82, 2.24) is 25.3 Å². The fraction of sp³-hybridized carbons (Fsp3) is 0.188. The third kappa shape index (κ3) is 3.28. The van der Waals surface area contributed by atoms with Gasteiger partial charge in [-0.3, -0.25) is 9.59 Å². The molecule has 2 heterocycles. The van der Waals surface area contributed by atoms with Gasteiger partial charge in [0, 0.05) is 12.7 Å². The SMILES string of the molecule is CSc1ncccc1C(=O)NCCn1nnc2ccccc2c1=O. The molecule has 0 radical (unpaired) electrons. The molecule has 0 aliphatic heterocycles. The number of fused-ring (bicyclic) bond motifs is 1. The Labute approximate surface area is 142 Å². The lowest BCUT2D eigenvalue weighted by atomic mass is 10.2. The Hall–Kier alpha value is -2.74. The highest BCUT2D eigenvalue weighted by Gasteiger charge is 2.11. The molecular weight excluding hydrogens is 326 g/mol. The summed E-state index contributed by atoms with van der Waals surface area (Å²) < 4.78 is 1.25. The van der Waals surface area contributed by atoms with Crippen LogP contribution in [-0.4, -0.2) is 38.7 Å². The summed E-state index contributed by atoms with van der Waals surface area (Å²) in [6.07, 6.45) is 3.51. The Bertz CT molecular complexity index is 941. The van der Waals surface area contributed by atoms with E-state index in [4.69, 9.17) is 0 Å². The predicted molar refractivity (Wildman–Crippen MR) is 92.1 cm³/mol. The van der Waals surface area contributed by atoms with E-state index >= 15 is 0 Å². The molecule has 0 aliphatic rings. The summed E-state index contributed by atoms with van der Waals surface area (Å²) >= 11 is 1.41. The Morgan fingerprint density at radius 2 is 2.08 bits per heavy atom. The van der Waals surface area contributed by atoms with E-state index in [1.165, 1.54) is 16.4 Å². The van der Waals surface area contributed by atoms with Crippen molar-refractivity contribution in [1.29, 1.82) is 0 Å². The summed E-state index contributed by atoms with van der Waals surface area (Å²) in [5.74, 6) is -0.228. The van der Waals surface area contributed by atoms with Crippen molar-refractivity contribution in [2.45, 2.75) is 11.6 Å². The van der Waals surface area contributed by atoms with Gasteiger partial charge < -0.3 is 5.32 Å². The van der Waals surface area contributed by atoms with Crippen LogP contribution in [0.2, 0.25) is 0 Å². The van der Waals surface area contributed by atoms with Crippen LogP contribution in [0.3, 0.4) is 0 Å². The van der Waals surface area contributed by atoms with Gasteiger partial charge in [0.15, 0.2) is 0 Å². The number of carbonyl (C=O) groups is 1. The number of carbonyl (C=O) groups excluding carboxylic acids is 1. The largest absolute Gasteiger partial charge is 0.350 e. The zero-order valence-corrected chi connectivity index (χ0v) is 13.8. The molecule has 0 saturated carbocycles. The molecule has 0 unspecified atom stereocenters. The molecule has 0 atom stereocenters. The summed E-state index contributed by atoms with van der Waals surface area (Å²) in [5, 5.41) is 11.9. The van der Waals surface area contributed by atoms with Crippen LogP contribution >= 0.6 is 11.8 Å². The van der Waals surface area contributed by atoms with Gasteiger partial charge in [-0.2, -0.15) is 0 Å². The maximum Gasteiger partial charge on any atom is 0.277 e. The van der Waals surface area contributed by atoms with Gasteiger partial charge in [-0.15, -0.1) is 16.9 Å². The number of hydrogen-bond donors (Lipinski definition) is 1. The van der Waals surface area contributed by atoms with Crippen molar-refractivity contribution < 1.29 is 4.79 Å². The van der Waals surface area contributed by atoms with E-state index in [1.807, 2.05) is 6.26 Å². The molecule has 0 fully saturated rings. The molecule has 2 aromatic heterocycles. The molecule has 0 bridgehead atoms. The van der Waals surface area contributed by atoms with Gasteiger partial charge in [-0.25, -0.2) is 9.67 Å². The second-order valence-corrected chi connectivity index (χ2v) is 5.75. The number of hydrogen-bond acceptors (Lipinski definition) is 6. The third-order valence-corrected chi connectivity index (χ3v) is 4.16. The van der Waals surface area contributed by atoms with E-state index in [0.717, 1.165) is 0 Å². The summed E-state index contributed by atoms with van der Waals surface area (Å²) in [4.78, 5) is 28.7. The van der Waals surface area contributed by atoms with Gasteiger partial charge in [0.05, 0.1) is 17.5 Å². The lowest BCUT2D eigenvalue weighted by molar-refractivity contribution is 0.0948. The highest BCUT2D eigenvalue weighted by Crippen LogP contribution is 2.16. The smallest absolute Gasteiger partial charge is 0.277 e. The molecule has 0 aliphatic carbocycles. The predicted octanol–water partition coefficient (Wildman–Crippen LogP) is 1.34. The second-order valence-electron chi connectivity index (χ2n) is 4.95. The van der Waals surface area contributed by atoms with Gasteiger partial charge in [0.25, 0.3) is 11.5 Å². The van der Waals surface area contributed by atoms with Crippen molar-refractivity contribution in [3.63, 3.8) is 0 Å². The molecule has 3 aromatic rings. The molecule has 1 aromatic carbocycles. The van der Waals surface area contributed by atoms with Crippen LogP contribution in [0.1, 0.15) is 10.4 Å². The molecule has 0 spiro atoms. The lowest BCUT2D eigenvalue weighted by Crippen LogP contribution is -2.32. The number of rotatable bonds is 5. The van der Waals surface area contributed by atoms with Gasteiger partial charge in [0.1, 0.15) is 10.5 Å². The number of aromatic nitrogens is 4. The Morgan fingerprint density at radius 3 is 2.92 bits per heavy atom. The molecule has 122 valence electrons. The molecule has 0 saturated heterocycles. The van der Waals surface area contributed by atoms with Crippen molar-refractivity contribution in [2.75, 3.05) is 12.8 Å². The van der Waals surface area contributed by atoms with Gasteiger partial charge in [-0.1, -0.05) is 17.3 Å². The maximum absolute atomic E-state index is 12.3. The van der Waals surface area contributed by atoms with Crippen LogP contribution in [0.5, 0.6) is 0 Å². The Kier molecular flexibility index (Phi) is 4.85. The number of pyridine rings is 1. The zero-order chi connectivity index (χ0) is 16.9. The minimum absolute atomic E-state index is 0.221. The summed E-state index contributed by atoms with van der Waals surface area (Å²) in [5.41, 5.74) is 0.853. The van der Waals surface area contributed by atoms with Crippen molar-refractivity contribution >= 4 is 28.6 Å². The highest BCUT2D eigenvalue weighted by atomic mass is 32.2. The Balaban J connectivity index is 1.69. The Morgan fingerprint density at radius 1 is 1.25 bits per heavy atom. The topological polar surface area (TPSA) is 89.8 Å². The average Bonchev–Trinajstić information content (AvgIpc) is 2.63. The van der Waals surface area contributed by atoms with Gasteiger partial charge in [0.2, 0.25) is 0 Å². The molecule has 1 amide bonds. The standard InChI is InChI=1S/C16H15N5O2S/c1-24-15-12(6-4-8-18-15)14(22)17-9-10-21-16(23)11-5-2-3-7-13(11)19-20-21/h2-8H,9-10H2,1H3,(H,17,22). The number of nitrogens with zero attached hydrogens (tertiary/aromatic N) is 4. The van der Waals surface area contributed by atoms with E-state index in [2.05, 4.69) is 20.6 Å². The number of amides is 1. The average molecular weight is 341 g/mol. The number of thioether (sulfide) groups is 1. The zero-order valence-electron chi connectivity index (χ0n) is 13.0.